The zero-order valence-corrected chi connectivity index (χ0v) is 8.47. The number of carboxylic acid groups (broad SMARTS) is 1. The average molecular weight is 245 g/mol. The molecule has 2 N–H and O–H groups in total. The lowest BCUT2D eigenvalue weighted by molar-refractivity contribution is 0.0688. The quantitative estimate of drug-likeness (QED) is 0.838. The van der Waals surface area contributed by atoms with Crippen molar-refractivity contribution in [2.75, 3.05) is 0 Å². The summed E-state index contributed by atoms with van der Waals surface area (Å²) in [6.45, 7) is 0. The Balaban J connectivity index is 2.36. The van der Waals surface area contributed by atoms with E-state index in [1.807, 2.05) is 0 Å². The van der Waals surface area contributed by atoms with Crippen LogP contribution in [-0.4, -0.2) is 21.0 Å². The SMILES string of the molecule is O=C(O)c1nc(Br)[nH]c1C1CCC1. The summed E-state index contributed by atoms with van der Waals surface area (Å²) in [7, 11) is 0. The molecule has 1 aromatic rings. The molecule has 0 bridgehead atoms. The minimum absolute atomic E-state index is 0.163. The van der Waals surface area contributed by atoms with Crippen molar-refractivity contribution >= 4 is 21.9 Å². The van der Waals surface area contributed by atoms with E-state index in [0.29, 0.717) is 10.7 Å². The van der Waals surface area contributed by atoms with Crippen LogP contribution in [0, 0.1) is 0 Å². The largest absolute Gasteiger partial charge is 0.476 e. The van der Waals surface area contributed by atoms with Gasteiger partial charge in [-0.05, 0) is 28.8 Å². The fraction of sp³-hybridized carbons (Fsp3) is 0.500. The molecule has 5 heteroatoms. The average Bonchev–Trinajstić information content (AvgIpc) is 2.27. The van der Waals surface area contributed by atoms with Crippen molar-refractivity contribution in [3.05, 3.63) is 16.1 Å². The van der Waals surface area contributed by atoms with E-state index in [1.165, 1.54) is 6.42 Å². The monoisotopic (exact) mass is 244 g/mol. The van der Waals surface area contributed by atoms with E-state index in [0.717, 1.165) is 18.5 Å². The van der Waals surface area contributed by atoms with Gasteiger partial charge in [0.1, 0.15) is 0 Å². The fourth-order valence-electron chi connectivity index (χ4n) is 1.51. The van der Waals surface area contributed by atoms with Gasteiger partial charge in [-0.25, -0.2) is 9.78 Å². The van der Waals surface area contributed by atoms with Gasteiger partial charge >= 0.3 is 5.97 Å². The maximum atomic E-state index is 10.8. The lowest BCUT2D eigenvalue weighted by Crippen LogP contribution is -2.13. The number of aromatic amines is 1. The molecule has 0 spiro atoms. The van der Waals surface area contributed by atoms with Crippen molar-refractivity contribution < 1.29 is 9.90 Å². The number of carbonyl (C=O) groups is 1. The predicted octanol–water partition coefficient (Wildman–Crippen LogP) is 2.14. The zero-order chi connectivity index (χ0) is 9.42. The first-order chi connectivity index (χ1) is 6.18. The highest BCUT2D eigenvalue weighted by Gasteiger charge is 2.27. The minimum Gasteiger partial charge on any atom is -0.476 e. The first kappa shape index (κ1) is 8.74. The second-order valence-corrected chi connectivity index (χ2v) is 3.97. The molecule has 0 saturated heterocycles. The molecule has 0 amide bonds. The van der Waals surface area contributed by atoms with Crippen LogP contribution in [0.4, 0.5) is 0 Å². The third-order valence-corrected chi connectivity index (χ3v) is 2.79. The van der Waals surface area contributed by atoms with Gasteiger partial charge in [-0.3, -0.25) is 0 Å². The molecule has 0 aliphatic heterocycles. The second-order valence-electron chi connectivity index (χ2n) is 3.22. The number of H-pyrrole nitrogens is 1. The van der Waals surface area contributed by atoms with Crippen LogP contribution in [0.3, 0.4) is 0 Å². The summed E-state index contributed by atoms with van der Waals surface area (Å²) in [5.41, 5.74) is 0.933. The van der Waals surface area contributed by atoms with Crippen molar-refractivity contribution in [1.82, 2.24) is 9.97 Å². The normalized spacial score (nSPS) is 17.0. The van der Waals surface area contributed by atoms with E-state index >= 15 is 0 Å². The number of aromatic nitrogens is 2. The molecule has 0 unspecified atom stereocenters. The number of imidazole rings is 1. The molecule has 0 aromatic carbocycles. The standard InChI is InChI=1S/C8H9BrN2O2/c9-8-10-5(4-2-1-3-4)6(11-8)7(12)13/h4H,1-3H2,(H,10,11)(H,12,13). The molecule has 0 radical (unpaired) electrons. The molecule has 1 aromatic heterocycles. The van der Waals surface area contributed by atoms with Gasteiger partial charge in [0.05, 0.1) is 5.69 Å². The number of carboxylic acids is 1. The highest BCUT2D eigenvalue weighted by atomic mass is 79.9. The van der Waals surface area contributed by atoms with Crippen LogP contribution in [0.2, 0.25) is 0 Å². The molecule has 1 aliphatic rings. The number of nitrogens with zero attached hydrogens (tertiary/aromatic N) is 1. The fourth-order valence-corrected chi connectivity index (χ4v) is 1.90. The molecule has 1 saturated carbocycles. The van der Waals surface area contributed by atoms with Crippen LogP contribution < -0.4 is 0 Å². The number of aromatic carboxylic acids is 1. The van der Waals surface area contributed by atoms with Gasteiger partial charge in [0.15, 0.2) is 10.4 Å². The van der Waals surface area contributed by atoms with Crippen LogP contribution in [0.15, 0.2) is 4.73 Å². The Labute approximate surface area is 83.5 Å². The summed E-state index contributed by atoms with van der Waals surface area (Å²) in [4.78, 5) is 17.6. The van der Waals surface area contributed by atoms with Gasteiger partial charge in [0.25, 0.3) is 0 Å². The van der Waals surface area contributed by atoms with Gasteiger partial charge < -0.3 is 10.1 Å². The van der Waals surface area contributed by atoms with E-state index < -0.39 is 5.97 Å². The van der Waals surface area contributed by atoms with Gasteiger partial charge in [-0.1, -0.05) is 6.42 Å². The van der Waals surface area contributed by atoms with E-state index in [-0.39, 0.29) is 5.69 Å². The molecular weight excluding hydrogens is 236 g/mol. The van der Waals surface area contributed by atoms with Crippen LogP contribution in [0.25, 0.3) is 0 Å². The highest BCUT2D eigenvalue weighted by molar-refractivity contribution is 9.10. The Morgan fingerprint density at radius 1 is 1.62 bits per heavy atom. The lowest BCUT2D eigenvalue weighted by Gasteiger charge is -2.24. The Hall–Kier alpha value is -0.840. The summed E-state index contributed by atoms with van der Waals surface area (Å²) in [5.74, 6) is -0.589. The van der Waals surface area contributed by atoms with Crippen molar-refractivity contribution in [2.24, 2.45) is 0 Å². The summed E-state index contributed by atoms with van der Waals surface area (Å²) >= 11 is 3.14. The van der Waals surface area contributed by atoms with Crippen LogP contribution in [0.5, 0.6) is 0 Å². The van der Waals surface area contributed by atoms with E-state index in [9.17, 15) is 4.79 Å². The van der Waals surface area contributed by atoms with Crippen LogP contribution >= 0.6 is 15.9 Å². The van der Waals surface area contributed by atoms with Crippen molar-refractivity contribution in [3.8, 4) is 0 Å². The Morgan fingerprint density at radius 2 is 2.31 bits per heavy atom. The molecule has 2 rings (SSSR count). The predicted molar refractivity (Wildman–Crippen MR) is 49.8 cm³/mol. The lowest BCUT2D eigenvalue weighted by atomic mass is 9.82. The summed E-state index contributed by atoms with van der Waals surface area (Å²) in [6.07, 6.45) is 3.31. The Bertz CT molecular complexity index is 344. The van der Waals surface area contributed by atoms with Crippen molar-refractivity contribution in [1.29, 1.82) is 0 Å². The van der Waals surface area contributed by atoms with E-state index in [1.54, 1.807) is 0 Å². The van der Waals surface area contributed by atoms with E-state index in [4.69, 9.17) is 5.11 Å². The van der Waals surface area contributed by atoms with Gasteiger partial charge in [-0.15, -0.1) is 0 Å². The van der Waals surface area contributed by atoms with Crippen LogP contribution in [0.1, 0.15) is 41.4 Å². The first-order valence-electron chi connectivity index (χ1n) is 4.17. The number of rotatable bonds is 2. The molecule has 4 nitrogen and oxygen atoms in total. The number of hydrogen-bond acceptors (Lipinski definition) is 2. The summed E-state index contributed by atoms with van der Waals surface area (Å²) in [5, 5.41) is 8.84. The van der Waals surface area contributed by atoms with Crippen molar-refractivity contribution in [2.45, 2.75) is 25.2 Å². The van der Waals surface area contributed by atoms with Gasteiger partial charge in [-0.2, -0.15) is 0 Å². The minimum atomic E-state index is -0.955. The number of nitrogens with one attached hydrogen (secondary N) is 1. The zero-order valence-electron chi connectivity index (χ0n) is 6.88. The summed E-state index contributed by atoms with van der Waals surface area (Å²) < 4.78 is 0.506. The molecule has 0 atom stereocenters. The second kappa shape index (κ2) is 3.14. The Morgan fingerprint density at radius 3 is 2.77 bits per heavy atom. The molecule has 70 valence electrons. The van der Waals surface area contributed by atoms with E-state index in [2.05, 4.69) is 25.9 Å². The maximum Gasteiger partial charge on any atom is 0.356 e. The topological polar surface area (TPSA) is 66.0 Å². The van der Waals surface area contributed by atoms with Gasteiger partial charge in [0.2, 0.25) is 0 Å². The number of halogens is 1. The van der Waals surface area contributed by atoms with Crippen molar-refractivity contribution in [3.63, 3.8) is 0 Å². The highest BCUT2D eigenvalue weighted by Crippen LogP contribution is 2.37. The molecule has 1 aliphatic carbocycles. The molecule has 1 heterocycles. The molecule has 1 fully saturated rings. The molecule has 13 heavy (non-hydrogen) atoms. The van der Waals surface area contributed by atoms with Gasteiger partial charge in [0, 0.05) is 5.92 Å². The molecular formula is C8H9BrN2O2. The first-order valence-corrected chi connectivity index (χ1v) is 4.96. The van der Waals surface area contributed by atoms with Crippen LogP contribution in [-0.2, 0) is 0 Å². The smallest absolute Gasteiger partial charge is 0.356 e. The Kier molecular flexibility index (Phi) is 2.11. The number of hydrogen-bond donors (Lipinski definition) is 2. The summed E-state index contributed by atoms with van der Waals surface area (Å²) in [6, 6.07) is 0. The third kappa shape index (κ3) is 1.48. The third-order valence-electron chi connectivity index (χ3n) is 2.42. The maximum absolute atomic E-state index is 10.8.